The first-order chi connectivity index (χ1) is 16.6. The van der Waals surface area contributed by atoms with E-state index in [-0.39, 0.29) is 22.8 Å². The second-order valence-electron chi connectivity index (χ2n) is 7.96. The molecule has 1 fully saturated rings. The second kappa shape index (κ2) is 9.49. The van der Waals surface area contributed by atoms with Gasteiger partial charge < -0.3 is 16.0 Å². The lowest BCUT2D eigenvalue weighted by molar-refractivity contribution is -0.137. The van der Waals surface area contributed by atoms with Gasteiger partial charge in [-0.05, 0) is 49.2 Å². The summed E-state index contributed by atoms with van der Waals surface area (Å²) < 4.78 is 53.1. The second-order valence-corrected chi connectivity index (χ2v) is 8.40. The third-order valence-electron chi connectivity index (χ3n) is 5.33. The van der Waals surface area contributed by atoms with Crippen LogP contribution in [0.3, 0.4) is 0 Å². The van der Waals surface area contributed by atoms with Crippen LogP contribution in [0.15, 0.2) is 55.0 Å². The van der Waals surface area contributed by atoms with E-state index in [1.54, 1.807) is 6.07 Å². The van der Waals surface area contributed by atoms with Gasteiger partial charge in [-0.1, -0.05) is 11.6 Å². The minimum Gasteiger partial charge on any atom is -0.354 e. The number of aromatic nitrogens is 2. The molecule has 12 heteroatoms. The Hall–Kier alpha value is -3.73. The average Bonchev–Trinajstić information content (AvgIpc) is 3.59. The van der Waals surface area contributed by atoms with Crippen LogP contribution in [0.4, 0.5) is 28.9 Å². The molecular weight excluding hydrogens is 490 g/mol. The smallest absolute Gasteiger partial charge is 0.354 e. The molecule has 3 aromatic rings. The van der Waals surface area contributed by atoms with Gasteiger partial charge in [-0.2, -0.15) is 13.2 Å². The third kappa shape index (κ3) is 5.86. The zero-order chi connectivity index (χ0) is 25.2. The van der Waals surface area contributed by atoms with E-state index >= 15 is 0 Å². The van der Waals surface area contributed by atoms with E-state index in [0.29, 0.717) is 24.2 Å². The number of alkyl halides is 3. The number of nitrogens with one attached hydrogen (secondary N) is 3. The van der Waals surface area contributed by atoms with E-state index in [2.05, 4.69) is 25.9 Å². The van der Waals surface area contributed by atoms with Crippen molar-refractivity contribution in [2.24, 2.45) is 0 Å². The Bertz CT molecular complexity index is 1260. The van der Waals surface area contributed by atoms with Gasteiger partial charge in [-0.15, -0.1) is 0 Å². The first-order valence-electron chi connectivity index (χ1n) is 10.4. The zero-order valence-electron chi connectivity index (χ0n) is 17.9. The Morgan fingerprint density at radius 3 is 2.46 bits per heavy atom. The van der Waals surface area contributed by atoms with Gasteiger partial charge in [0.25, 0.3) is 5.91 Å². The number of pyridine rings is 2. The highest BCUT2D eigenvalue weighted by Gasteiger charge is 2.51. The fraction of sp³-hybridized carbons (Fsp3) is 0.217. The van der Waals surface area contributed by atoms with Crippen molar-refractivity contribution in [1.82, 2.24) is 20.6 Å². The van der Waals surface area contributed by atoms with Crippen LogP contribution in [0, 0.1) is 5.82 Å². The highest BCUT2D eigenvalue weighted by atomic mass is 35.5. The van der Waals surface area contributed by atoms with E-state index in [0.717, 1.165) is 18.3 Å². The molecule has 2 amide bonds. The molecular formula is C23H18ClF4N5O2. The van der Waals surface area contributed by atoms with Crippen molar-refractivity contribution in [2.75, 3.05) is 5.32 Å². The molecule has 2 heterocycles. The Kier molecular flexibility index (Phi) is 6.62. The van der Waals surface area contributed by atoms with Gasteiger partial charge in [-0.3, -0.25) is 19.6 Å². The Balaban J connectivity index is 1.35. The van der Waals surface area contributed by atoms with Crippen LogP contribution >= 0.6 is 11.6 Å². The molecule has 0 bridgehead atoms. The van der Waals surface area contributed by atoms with Crippen LogP contribution in [0.1, 0.15) is 34.5 Å². The Morgan fingerprint density at radius 2 is 1.83 bits per heavy atom. The fourth-order valence-electron chi connectivity index (χ4n) is 3.32. The number of hydrogen-bond donors (Lipinski definition) is 3. The minimum atomic E-state index is -4.59. The summed E-state index contributed by atoms with van der Waals surface area (Å²) in [5.74, 6) is -1.70. The van der Waals surface area contributed by atoms with Crippen molar-refractivity contribution in [2.45, 2.75) is 31.1 Å². The number of anilines is 2. The third-order valence-corrected chi connectivity index (χ3v) is 5.56. The van der Waals surface area contributed by atoms with Gasteiger partial charge in [0.15, 0.2) is 0 Å². The summed E-state index contributed by atoms with van der Waals surface area (Å²) in [6.07, 6.45) is -0.243. The molecule has 1 aliphatic rings. The molecule has 182 valence electrons. The van der Waals surface area contributed by atoms with Gasteiger partial charge in [0.05, 0.1) is 47.1 Å². The Morgan fingerprint density at radius 1 is 1.06 bits per heavy atom. The number of nitrogens with zero attached hydrogens (tertiary/aromatic N) is 2. The molecule has 1 saturated carbocycles. The van der Waals surface area contributed by atoms with Crippen molar-refractivity contribution < 1.29 is 27.2 Å². The molecule has 0 saturated heterocycles. The first kappa shape index (κ1) is 24.4. The summed E-state index contributed by atoms with van der Waals surface area (Å²) in [5, 5.41) is 7.93. The molecule has 0 radical (unpaired) electrons. The van der Waals surface area contributed by atoms with Gasteiger partial charge >= 0.3 is 6.18 Å². The molecule has 1 aliphatic carbocycles. The summed E-state index contributed by atoms with van der Waals surface area (Å²) in [7, 11) is 0. The van der Waals surface area contributed by atoms with E-state index in [1.807, 2.05) is 0 Å². The molecule has 4 rings (SSSR count). The monoisotopic (exact) mass is 507 g/mol. The van der Waals surface area contributed by atoms with Crippen molar-refractivity contribution in [3.05, 3.63) is 82.6 Å². The minimum absolute atomic E-state index is 0.00296. The lowest BCUT2D eigenvalue weighted by atomic mass is 10.1. The lowest BCUT2D eigenvalue weighted by Crippen LogP contribution is -2.48. The largest absolute Gasteiger partial charge is 0.418 e. The van der Waals surface area contributed by atoms with Crippen LogP contribution < -0.4 is 16.0 Å². The average molecular weight is 508 g/mol. The maximum absolute atomic E-state index is 13.3. The number of carbonyl (C=O) groups is 2. The first-order valence-corrected chi connectivity index (χ1v) is 10.7. The maximum Gasteiger partial charge on any atom is 0.418 e. The predicted molar refractivity (Wildman–Crippen MR) is 119 cm³/mol. The fourth-order valence-corrected chi connectivity index (χ4v) is 3.49. The van der Waals surface area contributed by atoms with Gasteiger partial charge in [-0.25, -0.2) is 4.39 Å². The summed E-state index contributed by atoms with van der Waals surface area (Å²) in [5.41, 5.74) is -1.41. The number of amides is 2. The van der Waals surface area contributed by atoms with Crippen LogP contribution in [-0.4, -0.2) is 27.3 Å². The van der Waals surface area contributed by atoms with E-state index in [4.69, 9.17) is 11.6 Å². The van der Waals surface area contributed by atoms with Gasteiger partial charge in [0.2, 0.25) is 5.91 Å². The molecule has 0 unspecified atom stereocenters. The normalized spacial score (nSPS) is 14.2. The van der Waals surface area contributed by atoms with Crippen molar-refractivity contribution in [1.29, 1.82) is 0 Å². The highest BCUT2D eigenvalue weighted by molar-refractivity contribution is 6.30. The van der Waals surface area contributed by atoms with Crippen LogP contribution in [0.2, 0.25) is 5.02 Å². The molecule has 2 aromatic heterocycles. The maximum atomic E-state index is 13.3. The van der Waals surface area contributed by atoms with Gasteiger partial charge in [0.1, 0.15) is 11.4 Å². The zero-order valence-corrected chi connectivity index (χ0v) is 18.7. The SMILES string of the molecule is O=C(NC1(C(=O)NCc2ccc(Nc3ccc(Cl)cc3C(F)(F)F)cn2)CC1)c1cncc(F)c1. The summed E-state index contributed by atoms with van der Waals surface area (Å²) >= 11 is 5.69. The summed E-state index contributed by atoms with van der Waals surface area (Å²) in [4.78, 5) is 32.7. The number of rotatable bonds is 7. The van der Waals surface area contributed by atoms with Crippen molar-refractivity contribution in [3.63, 3.8) is 0 Å². The summed E-state index contributed by atoms with van der Waals surface area (Å²) in [6.45, 7) is 0.0347. The highest BCUT2D eigenvalue weighted by Crippen LogP contribution is 2.38. The standard InChI is InChI=1S/C23H18ClF4N5O2/c24-14-1-4-19(18(8-14)23(26,27)28)32-17-3-2-16(30-12-17)11-31-21(35)22(5-6-22)33-20(34)13-7-15(25)10-29-9-13/h1-4,7-10,12,32H,5-6,11H2,(H,31,35)(H,33,34). The number of benzene rings is 1. The lowest BCUT2D eigenvalue weighted by Gasteiger charge is -2.17. The predicted octanol–water partition coefficient (Wildman–Crippen LogP) is 4.61. The molecule has 35 heavy (non-hydrogen) atoms. The van der Waals surface area contributed by atoms with Crippen molar-refractivity contribution in [3.8, 4) is 0 Å². The van der Waals surface area contributed by atoms with Crippen LogP contribution in [0.25, 0.3) is 0 Å². The molecule has 0 atom stereocenters. The van der Waals surface area contributed by atoms with Crippen LogP contribution in [0.5, 0.6) is 0 Å². The van der Waals surface area contributed by atoms with E-state index in [9.17, 15) is 27.2 Å². The van der Waals surface area contributed by atoms with Gasteiger partial charge in [0, 0.05) is 11.2 Å². The van der Waals surface area contributed by atoms with Crippen LogP contribution in [-0.2, 0) is 17.5 Å². The van der Waals surface area contributed by atoms with E-state index in [1.165, 1.54) is 30.6 Å². The topological polar surface area (TPSA) is 96.0 Å². The number of hydrogen-bond acceptors (Lipinski definition) is 5. The molecule has 3 N–H and O–H groups in total. The molecule has 0 spiro atoms. The number of carbonyl (C=O) groups excluding carboxylic acids is 2. The Labute approximate surface area is 201 Å². The molecule has 1 aromatic carbocycles. The molecule has 0 aliphatic heterocycles. The quantitative estimate of drug-likeness (QED) is 0.406. The number of halogens is 5. The summed E-state index contributed by atoms with van der Waals surface area (Å²) in [6, 6.07) is 7.49. The van der Waals surface area contributed by atoms with Crippen molar-refractivity contribution >= 4 is 34.8 Å². The van der Waals surface area contributed by atoms with E-state index < -0.39 is 34.9 Å². The molecule has 7 nitrogen and oxygen atoms in total.